The highest BCUT2D eigenvalue weighted by atomic mass is 16.6. The number of amides is 3. The van der Waals surface area contributed by atoms with Gasteiger partial charge in [-0.05, 0) is 19.1 Å². The van der Waals surface area contributed by atoms with Gasteiger partial charge in [0.15, 0.2) is 0 Å². The lowest BCUT2D eigenvalue weighted by atomic mass is 10.0. The van der Waals surface area contributed by atoms with E-state index >= 15 is 0 Å². The molecule has 2 heterocycles. The second kappa shape index (κ2) is 8.83. The fourth-order valence-electron chi connectivity index (χ4n) is 3.36. The molecule has 3 aromatic rings. The average molecular weight is 418 g/mol. The summed E-state index contributed by atoms with van der Waals surface area (Å²) in [5, 5.41) is 0.685. The van der Waals surface area contributed by atoms with E-state index in [1.807, 2.05) is 55.5 Å². The number of benzene rings is 2. The number of para-hydroxylation sites is 1. The molecule has 2 N–H and O–H groups in total. The van der Waals surface area contributed by atoms with Crippen molar-refractivity contribution in [2.24, 2.45) is 0 Å². The number of fused-ring (bicyclic) bond motifs is 1. The minimum Gasteiger partial charge on any atom is -0.448 e. The molecule has 8 heteroatoms. The summed E-state index contributed by atoms with van der Waals surface area (Å²) in [6.07, 6.45) is -0.370. The van der Waals surface area contributed by atoms with Crippen molar-refractivity contribution in [2.75, 3.05) is 19.7 Å². The number of rotatable bonds is 5. The zero-order valence-corrected chi connectivity index (χ0v) is 17.1. The van der Waals surface area contributed by atoms with Gasteiger partial charge in [-0.15, -0.1) is 0 Å². The second-order valence-electron chi connectivity index (χ2n) is 7.29. The van der Waals surface area contributed by atoms with Crippen LogP contribution in [0.15, 0.2) is 54.6 Å². The number of nitrogens with zero attached hydrogens (tertiary/aromatic N) is 2. The lowest BCUT2D eigenvalue weighted by Crippen LogP contribution is -2.43. The van der Waals surface area contributed by atoms with Gasteiger partial charge in [-0.2, -0.15) is 0 Å². The Morgan fingerprint density at radius 2 is 1.87 bits per heavy atom. The van der Waals surface area contributed by atoms with Crippen molar-refractivity contribution >= 4 is 28.8 Å². The van der Waals surface area contributed by atoms with Gasteiger partial charge < -0.3 is 9.64 Å². The Kier molecular flexibility index (Phi) is 5.79. The molecule has 1 aliphatic heterocycles. The number of nitrogens with one attached hydrogen (secondary N) is 2. The van der Waals surface area contributed by atoms with Crippen LogP contribution in [0.4, 0.5) is 4.79 Å². The van der Waals surface area contributed by atoms with Crippen LogP contribution in [0.2, 0.25) is 0 Å². The maximum Gasteiger partial charge on any atom is 0.409 e. The Morgan fingerprint density at radius 3 is 2.61 bits per heavy atom. The lowest BCUT2D eigenvalue weighted by molar-refractivity contribution is -0.122. The molecule has 0 atom stereocenters. The van der Waals surface area contributed by atoms with E-state index in [2.05, 4.69) is 15.8 Å². The molecule has 0 spiro atoms. The first-order valence-corrected chi connectivity index (χ1v) is 9.99. The number of carbonyl (C=O) groups is 3. The normalized spacial score (nSPS) is 13.2. The topological polar surface area (TPSA) is 101 Å². The Hall–Kier alpha value is -3.94. The third-order valence-corrected chi connectivity index (χ3v) is 5.08. The van der Waals surface area contributed by atoms with Crippen molar-refractivity contribution < 1.29 is 19.1 Å². The van der Waals surface area contributed by atoms with Crippen LogP contribution in [0, 0.1) is 6.92 Å². The second-order valence-corrected chi connectivity index (χ2v) is 7.29. The Balaban J connectivity index is 1.49. The lowest BCUT2D eigenvalue weighted by Gasteiger charge is -2.13. The summed E-state index contributed by atoms with van der Waals surface area (Å²) >= 11 is 0. The molecule has 1 saturated heterocycles. The van der Waals surface area contributed by atoms with Crippen molar-refractivity contribution in [2.45, 2.75) is 13.3 Å². The maximum atomic E-state index is 12.9. The number of hydrogen-bond acceptors (Lipinski definition) is 5. The van der Waals surface area contributed by atoms with Crippen LogP contribution in [-0.2, 0) is 9.53 Å². The monoisotopic (exact) mass is 418 g/mol. The summed E-state index contributed by atoms with van der Waals surface area (Å²) in [5.74, 6) is -0.842. The number of hydrazine groups is 1. The van der Waals surface area contributed by atoms with Gasteiger partial charge in [-0.25, -0.2) is 9.78 Å². The predicted molar refractivity (Wildman–Crippen MR) is 115 cm³/mol. The van der Waals surface area contributed by atoms with Crippen molar-refractivity contribution in [1.29, 1.82) is 0 Å². The number of cyclic esters (lactones) is 1. The molecule has 31 heavy (non-hydrogen) atoms. The fraction of sp³-hybridized carbons (Fsp3) is 0.217. The van der Waals surface area contributed by atoms with Crippen LogP contribution in [0.3, 0.4) is 0 Å². The number of hydrogen-bond donors (Lipinski definition) is 2. The van der Waals surface area contributed by atoms with Gasteiger partial charge in [0, 0.05) is 23.9 Å². The van der Waals surface area contributed by atoms with Gasteiger partial charge in [0.2, 0.25) is 5.91 Å². The molecule has 8 nitrogen and oxygen atoms in total. The molecule has 0 radical (unpaired) electrons. The minimum atomic E-state index is -0.444. The largest absolute Gasteiger partial charge is 0.448 e. The summed E-state index contributed by atoms with van der Waals surface area (Å²) < 4.78 is 4.83. The molecule has 0 bridgehead atoms. The van der Waals surface area contributed by atoms with E-state index in [0.29, 0.717) is 35.3 Å². The van der Waals surface area contributed by atoms with Gasteiger partial charge in [0.25, 0.3) is 5.91 Å². The van der Waals surface area contributed by atoms with Crippen LogP contribution >= 0.6 is 0 Å². The van der Waals surface area contributed by atoms with Crippen LogP contribution in [0.1, 0.15) is 22.3 Å². The molecule has 1 fully saturated rings. The predicted octanol–water partition coefficient (Wildman–Crippen LogP) is 2.81. The highest BCUT2D eigenvalue weighted by Gasteiger charge is 2.22. The van der Waals surface area contributed by atoms with Crippen molar-refractivity contribution in [3.8, 4) is 11.3 Å². The zero-order valence-electron chi connectivity index (χ0n) is 17.1. The summed E-state index contributed by atoms with van der Waals surface area (Å²) in [5.41, 5.74) is 8.67. The van der Waals surface area contributed by atoms with Crippen LogP contribution < -0.4 is 10.9 Å². The number of ether oxygens (including phenoxy) is 1. The third-order valence-electron chi connectivity index (χ3n) is 5.08. The molecule has 3 amide bonds. The van der Waals surface area contributed by atoms with Crippen molar-refractivity contribution in [3.63, 3.8) is 0 Å². The highest BCUT2D eigenvalue weighted by Crippen LogP contribution is 2.25. The third kappa shape index (κ3) is 4.63. The molecule has 0 saturated carbocycles. The molecular weight excluding hydrogens is 396 g/mol. The van der Waals surface area contributed by atoms with Gasteiger partial charge in [-0.3, -0.25) is 20.4 Å². The van der Waals surface area contributed by atoms with Crippen molar-refractivity contribution in [1.82, 2.24) is 20.7 Å². The number of carbonyl (C=O) groups excluding carboxylic acids is 3. The van der Waals surface area contributed by atoms with Gasteiger partial charge in [0.1, 0.15) is 6.61 Å². The van der Waals surface area contributed by atoms with E-state index in [1.54, 1.807) is 6.07 Å². The number of aryl methyl sites for hydroxylation is 1. The SMILES string of the molecule is Cc1ccc(-c2cc(C(=O)NNC(=O)CCN3CCOC3=O)c3ccccc3n2)cc1. The Labute approximate surface area is 179 Å². The Morgan fingerprint density at radius 1 is 1.10 bits per heavy atom. The molecule has 0 aliphatic carbocycles. The fourth-order valence-corrected chi connectivity index (χ4v) is 3.36. The molecule has 1 aromatic heterocycles. The summed E-state index contributed by atoms with van der Waals surface area (Å²) in [4.78, 5) is 42.5. The van der Waals surface area contributed by atoms with Crippen LogP contribution in [0.25, 0.3) is 22.2 Å². The van der Waals surface area contributed by atoms with E-state index in [9.17, 15) is 14.4 Å². The van der Waals surface area contributed by atoms with E-state index < -0.39 is 17.9 Å². The summed E-state index contributed by atoms with van der Waals surface area (Å²) in [6, 6.07) is 17.0. The van der Waals surface area contributed by atoms with E-state index in [1.165, 1.54) is 4.90 Å². The molecule has 2 aromatic carbocycles. The summed E-state index contributed by atoms with van der Waals surface area (Å²) in [6.45, 7) is 3.03. The molecule has 0 unspecified atom stereocenters. The van der Waals surface area contributed by atoms with Crippen molar-refractivity contribution in [3.05, 3.63) is 65.7 Å². The number of aromatic nitrogens is 1. The first kappa shape index (κ1) is 20.3. The molecule has 4 rings (SSSR count). The Bertz CT molecular complexity index is 1140. The van der Waals surface area contributed by atoms with Gasteiger partial charge in [-0.1, -0.05) is 48.0 Å². The molecular formula is C23H22N4O4. The average Bonchev–Trinajstić information content (AvgIpc) is 3.20. The first-order chi connectivity index (χ1) is 15.0. The quantitative estimate of drug-likeness (QED) is 0.621. The minimum absolute atomic E-state index is 0.0566. The maximum absolute atomic E-state index is 12.9. The van der Waals surface area contributed by atoms with Gasteiger partial charge >= 0.3 is 6.09 Å². The standard InChI is InChI=1S/C23H22N4O4/c1-15-6-8-16(9-7-15)20-14-18(17-4-2-3-5-19(17)24-20)22(29)26-25-21(28)10-11-27-12-13-31-23(27)30/h2-9,14H,10-13H2,1H3,(H,25,28)(H,26,29). The van der Waals surface area contributed by atoms with Gasteiger partial charge in [0.05, 0.1) is 23.3 Å². The molecule has 158 valence electrons. The summed E-state index contributed by atoms with van der Waals surface area (Å²) in [7, 11) is 0. The first-order valence-electron chi connectivity index (χ1n) is 9.99. The smallest absolute Gasteiger partial charge is 0.409 e. The van der Waals surface area contributed by atoms with E-state index in [-0.39, 0.29) is 13.0 Å². The van der Waals surface area contributed by atoms with Crippen LogP contribution in [-0.4, -0.2) is 47.5 Å². The highest BCUT2D eigenvalue weighted by molar-refractivity contribution is 6.07. The van der Waals surface area contributed by atoms with Crippen LogP contribution in [0.5, 0.6) is 0 Å². The van der Waals surface area contributed by atoms with E-state index in [4.69, 9.17) is 4.74 Å². The molecule has 1 aliphatic rings. The zero-order chi connectivity index (χ0) is 21.8. The van der Waals surface area contributed by atoms with E-state index in [0.717, 1.165) is 11.1 Å². The number of pyridine rings is 1.